The van der Waals surface area contributed by atoms with Gasteiger partial charge in [0.25, 0.3) is 0 Å². The maximum Gasteiger partial charge on any atom is 0.143 e. The molecule has 1 aromatic heterocycles. The van der Waals surface area contributed by atoms with Crippen LogP contribution in [0.5, 0.6) is 0 Å². The Bertz CT molecular complexity index is 3080. The number of furan rings is 1. The summed E-state index contributed by atoms with van der Waals surface area (Å²) in [4.78, 5) is 2.49. The summed E-state index contributed by atoms with van der Waals surface area (Å²) >= 11 is 0. The summed E-state index contributed by atoms with van der Waals surface area (Å²) < 4.78 is 6.77. The smallest absolute Gasteiger partial charge is 0.143 e. The SMILES string of the molecule is CC1(C)c2ccccc2-c2cccc(-c3ccc(N(c4ccc5c(c4)C4(CCCCC4)c4ccccc4-5)c4cccc5oc6c7ccccc7ccc6c45)cc3)c21. The highest BCUT2D eigenvalue weighted by Crippen LogP contribution is 2.57. The second-order valence-electron chi connectivity index (χ2n) is 17.1. The van der Waals surface area contributed by atoms with Crippen molar-refractivity contribution in [3.05, 3.63) is 186 Å². The minimum atomic E-state index is -0.0908. The van der Waals surface area contributed by atoms with Gasteiger partial charge in [0.15, 0.2) is 0 Å². The molecular formula is C55H43NO. The minimum Gasteiger partial charge on any atom is -0.455 e. The van der Waals surface area contributed by atoms with E-state index >= 15 is 0 Å². The lowest BCUT2D eigenvalue weighted by atomic mass is 9.68. The van der Waals surface area contributed by atoms with E-state index in [1.165, 1.54) is 98.8 Å². The largest absolute Gasteiger partial charge is 0.455 e. The van der Waals surface area contributed by atoms with Crippen LogP contribution in [0.2, 0.25) is 0 Å². The van der Waals surface area contributed by atoms with Crippen molar-refractivity contribution in [2.75, 3.05) is 4.90 Å². The summed E-state index contributed by atoms with van der Waals surface area (Å²) in [5.74, 6) is 0. The molecule has 0 unspecified atom stereocenters. The van der Waals surface area contributed by atoms with Gasteiger partial charge in [0.2, 0.25) is 0 Å². The summed E-state index contributed by atoms with van der Waals surface area (Å²) in [6, 6.07) is 61.2. The molecule has 12 rings (SSSR count). The lowest BCUT2D eigenvalue weighted by Gasteiger charge is -2.36. The second-order valence-corrected chi connectivity index (χ2v) is 17.1. The molecule has 0 aliphatic heterocycles. The molecule has 3 aliphatic rings. The predicted octanol–water partition coefficient (Wildman–Crippen LogP) is 15.4. The molecule has 1 spiro atoms. The van der Waals surface area contributed by atoms with Crippen molar-refractivity contribution < 1.29 is 4.42 Å². The van der Waals surface area contributed by atoms with Crippen LogP contribution in [0.25, 0.3) is 66.1 Å². The van der Waals surface area contributed by atoms with E-state index < -0.39 is 0 Å². The second kappa shape index (κ2) is 12.1. The van der Waals surface area contributed by atoms with E-state index in [-0.39, 0.29) is 10.8 Å². The highest BCUT2D eigenvalue weighted by atomic mass is 16.3. The Morgan fingerprint density at radius 2 is 1.16 bits per heavy atom. The molecule has 1 fully saturated rings. The van der Waals surface area contributed by atoms with E-state index in [1.807, 2.05) is 0 Å². The van der Waals surface area contributed by atoms with E-state index in [2.05, 4.69) is 183 Å². The van der Waals surface area contributed by atoms with Gasteiger partial charge < -0.3 is 9.32 Å². The highest BCUT2D eigenvalue weighted by Gasteiger charge is 2.44. The third-order valence-corrected chi connectivity index (χ3v) is 13.8. The zero-order chi connectivity index (χ0) is 37.9. The molecular weight excluding hydrogens is 691 g/mol. The van der Waals surface area contributed by atoms with Crippen LogP contribution in [0.15, 0.2) is 168 Å². The molecule has 1 heterocycles. The first-order valence-corrected chi connectivity index (χ1v) is 20.7. The van der Waals surface area contributed by atoms with Crippen LogP contribution in [-0.2, 0) is 10.8 Å². The van der Waals surface area contributed by atoms with E-state index in [0.717, 1.165) is 38.7 Å². The molecule has 0 radical (unpaired) electrons. The van der Waals surface area contributed by atoms with Gasteiger partial charge in [-0.3, -0.25) is 0 Å². The molecule has 1 saturated carbocycles. The van der Waals surface area contributed by atoms with Gasteiger partial charge in [0, 0.05) is 33.0 Å². The van der Waals surface area contributed by atoms with Crippen LogP contribution >= 0.6 is 0 Å². The molecule has 0 atom stereocenters. The Balaban J connectivity index is 1.07. The Morgan fingerprint density at radius 3 is 2.00 bits per heavy atom. The van der Waals surface area contributed by atoms with Crippen LogP contribution in [0.1, 0.15) is 68.2 Å². The average Bonchev–Trinajstić information content (AvgIpc) is 3.86. The van der Waals surface area contributed by atoms with Gasteiger partial charge in [-0.15, -0.1) is 0 Å². The average molecular weight is 734 g/mol. The van der Waals surface area contributed by atoms with Gasteiger partial charge in [0.1, 0.15) is 11.2 Å². The zero-order valence-electron chi connectivity index (χ0n) is 32.5. The van der Waals surface area contributed by atoms with Gasteiger partial charge >= 0.3 is 0 Å². The molecule has 8 aromatic carbocycles. The summed E-state index contributed by atoms with van der Waals surface area (Å²) in [6.07, 6.45) is 6.25. The summed E-state index contributed by atoms with van der Waals surface area (Å²) in [5, 5.41) is 4.61. The number of fused-ring (bicyclic) bond motifs is 13. The molecule has 0 saturated heterocycles. The molecule has 3 aliphatic carbocycles. The number of hydrogen-bond acceptors (Lipinski definition) is 2. The van der Waals surface area contributed by atoms with Crippen LogP contribution in [0.3, 0.4) is 0 Å². The van der Waals surface area contributed by atoms with Crippen LogP contribution in [0.4, 0.5) is 17.1 Å². The first-order chi connectivity index (χ1) is 28.0. The van der Waals surface area contributed by atoms with E-state index in [9.17, 15) is 0 Å². The zero-order valence-corrected chi connectivity index (χ0v) is 32.5. The molecule has 9 aromatic rings. The maximum atomic E-state index is 6.77. The Hall–Kier alpha value is -6.38. The van der Waals surface area contributed by atoms with Crippen molar-refractivity contribution in [3.63, 3.8) is 0 Å². The summed E-state index contributed by atoms with van der Waals surface area (Å²) in [5.41, 5.74) is 19.1. The van der Waals surface area contributed by atoms with Gasteiger partial charge in [-0.2, -0.15) is 0 Å². The molecule has 274 valence electrons. The minimum absolute atomic E-state index is 0.0566. The third-order valence-electron chi connectivity index (χ3n) is 13.8. The van der Waals surface area contributed by atoms with Crippen LogP contribution in [0, 0.1) is 0 Å². The molecule has 0 bridgehead atoms. The molecule has 57 heavy (non-hydrogen) atoms. The first-order valence-electron chi connectivity index (χ1n) is 20.7. The highest BCUT2D eigenvalue weighted by molar-refractivity contribution is 6.19. The first kappa shape index (κ1) is 32.8. The van der Waals surface area contributed by atoms with Crippen molar-refractivity contribution in [2.24, 2.45) is 0 Å². The fraction of sp³-hybridized carbons (Fsp3) is 0.164. The van der Waals surface area contributed by atoms with E-state index in [4.69, 9.17) is 4.42 Å². The van der Waals surface area contributed by atoms with Crippen molar-refractivity contribution in [1.29, 1.82) is 0 Å². The summed E-state index contributed by atoms with van der Waals surface area (Å²) in [7, 11) is 0. The monoisotopic (exact) mass is 733 g/mol. The van der Waals surface area contributed by atoms with Crippen molar-refractivity contribution in [1.82, 2.24) is 0 Å². The molecule has 2 heteroatoms. The fourth-order valence-electron chi connectivity index (χ4n) is 11.3. The normalized spacial score (nSPS) is 15.8. The number of anilines is 3. The molecule has 0 amide bonds. The maximum absolute atomic E-state index is 6.77. The quantitative estimate of drug-likeness (QED) is 0.179. The van der Waals surface area contributed by atoms with Gasteiger partial charge in [-0.05, 0) is 116 Å². The van der Waals surface area contributed by atoms with Crippen molar-refractivity contribution in [3.8, 4) is 33.4 Å². The molecule has 2 nitrogen and oxygen atoms in total. The van der Waals surface area contributed by atoms with E-state index in [0.29, 0.717) is 0 Å². The van der Waals surface area contributed by atoms with Crippen molar-refractivity contribution >= 4 is 49.8 Å². The van der Waals surface area contributed by atoms with Crippen LogP contribution in [-0.4, -0.2) is 0 Å². The topological polar surface area (TPSA) is 16.4 Å². The Morgan fingerprint density at radius 1 is 0.491 bits per heavy atom. The standard InChI is InChI=1S/C55H43NO/c1-54(2)46-20-8-6-17-42(46)44-19-12-18-39(52(44)54)36-24-27-37(28-25-36)56(49-22-13-23-50-51(49)45-30-26-35-14-4-5-15-40(35)53(45)57-50)38-29-31-43-41-16-7-9-21-47(41)55(48(43)34-38)32-10-3-11-33-55/h4-9,12-31,34H,3,10-11,32-33H2,1-2H3. The van der Waals surface area contributed by atoms with Gasteiger partial charge in [0.05, 0.1) is 11.1 Å². The fourth-order valence-corrected chi connectivity index (χ4v) is 11.3. The van der Waals surface area contributed by atoms with Crippen LogP contribution < -0.4 is 4.90 Å². The van der Waals surface area contributed by atoms with Gasteiger partial charge in [-0.25, -0.2) is 0 Å². The Kier molecular flexibility index (Phi) is 6.95. The Labute approximate surface area is 334 Å². The molecule has 0 N–H and O–H groups in total. The van der Waals surface area contributed by atoms with E-state index in [1.54, 1.807) is 0 Å². The predicted molar refractivity (Wildman–Crippen MR) is 238 cm³/mol. The number of rotatable bonds is 4. The number of hydrogen-bond donors (Lipinski definition) is 0. The summed E-state index contributed by atoms with van der Waals surface area (Å²) in [6.45, 7) is 4.75. The number of nitrogens with zero attached hydrogens (tertiary/aromatic N) is 1. The lowest BCUT2D eigenvalue weighted by Crippen LogP contribution is -2.28. The van der Waals surface area contributed by atoms with Gasteiger partial charge in [-0.1, -0.05) is 154 Å². The third kappa shape index (κ3) is 4.59. The van der Waals surface area contributed by atoms with Crippen molar-refractivity contribution in [2.45, 2.75) is 56.8 Å². The number of benzene rings is 8. The lowest BCUT2D eigenvalue weighted by molar-refractivity contribution is 0.353.